The summed E-state index contributed by atoms with van der Waals surface area (Å²) in [5.74, 6) is 0.856. The van der Waals surface area contributed by atoms with Crippen LogP contribution in [0.4, 0.5) is 5.00 Å². The molecule has 4 heteroatoms. The lowest BCUT2D eigenvalue weighted by atomic mass is 10.1. The van der Waals surface area contributed by atoms with Crippen molar-refractivity contribution in [2.75, 3.05) is 19.0 Å². The molecule has 0 radical (unpaired) electrons. The average molecular weight is 246 g/mol. The molecule has 0 fully saturated rings. The van der Waals surface area contributed by atoms with Crippen LogP contribution in [-0.2, 0) is 0 Å². The van der Waals surface area contributed by atoms with E-state index in [1.807, 2.05) is 36.4 Å². The van der Waals surface area contributed by atoms with Gasteiger partial charge < -0.3 is 10.1 Å². The van der Waals surface area contributed by atoms with Gasteiger partial charge in [-0.3, -0.25) is 0 Å². The highest BCUT2D eigenvalue weighted by Gasteiger charge is 2.03. The molecule has 0 unspecified atom stereocenters. The maximum Gasteiger partial charge on any atom is 0.118 e. The fourth-order valence-corrected chi connectivity index (χ4v) is 2.10. The van der Waals surface area contributed by atoms with Crippen LogP contribution in [0, 0.1) is 0 Å². The van der Waals surface area contributed by atoms with Crippen molar-refractivity contribution in [3.05, 3.63) is 43.0 Å². The fraction of sp³-hybridized carbons (Fsp3) is 0.154. The summed E-state index contributed by atoms with van der Waals surface area (Å²) in [6.45, 7) is 4.42. The Morgan fingerprint density at radius 1 is 1.41 bits per heavy atom. The van der Waals surface area contributed by atoms with E-state index in [9.17, 15) is 0 Å². The molecule has 0 spiro atoms. The molecule has 0 bridgehead atoms. The van der Waals surface area contributed by atoms with Gasteiger partial charge >= 0.3 is 0 Å². The molecular formula is C13H14N2OS. The number of anilines is 1. The first-order chi connectivity index (χ1) is 8.33. The number of hydrogen-bond acceptors (Lipinski definition) is 4. The molecule has 0 aliphatic carbocycles. The van der Waals surface area contributed by atoms with Crippen LogP contribution in [0.25, 0.3) is 11.3 Å². The number of nitrogens with zero attached hydrogens (tertiary/aromatic N) is 1. The smallest absolute Gasteiger partial charge is 0.118 e. The van der Waals surface area contributed by atoms with E-state index in [4.69, 9.17) is 4.74 Å². The van der Waals surface area contributed by atoms with Gasteiger partial charge in [0.05, 0.1) is 12.8 Å². The fourth-order valence-electron chi connectivity index (χ4n) is 1.43. The summed E-state index contributed by atoms with van der Waals surface area (Å²) in [6.07, 6.45) is 1.83. The van der Waals surface area contributed by atoms with E-state index in [0.717, 1.165) is 28.6 Å². The third-order valence-electron chi connectivity index (χ3n) is 2.32. The lowest BCUT2D eigenvalue weighted by Crippen LogP contribution is -1.94. The summed E-state index contributed by atoms with van der Waals surface area (Å²) in [4.78, 5) is 0. The summed E-state index contributed by atoms with van der Waals surface area (Å²) in [6, 6.07) is 9.92. The lowest BCUT2D eigenvalue weighted by Gasteiger charge is -2.00. The minimum atomic E-state index is 0.754. The number of nitrogens with one attached hydrogen (secondary N) is 1. The van der Waals surface area contributed by atoms with Crippen LogP contribution in [0.3, 0.4) is 0 Å². The topological polar surface area (TPSA) is 34.1 Å². The van der Waals surface area contributed by atoms with Crippen molar-refractivity contribution in [1.82, 2.24) is 4.37 Å². The minimum Gasteiger partial charge on any atom is -0.497 e. The quantitative estimate of drug-likeness (QED) is 0.821. The van der Waals surface area contributed by atoms with Crippen molar-refractivity contribution in [2.45, 2.75) is 0 Å². The van der Waals surface area contributed by atoms with E-state index in [1.54, 1.807) is 7.11 Å². The van der Waals surface area contributed by atoms with Crippen molar-refractivity contribution in [2.24, 2.45) is 0 Å². The number of ether oxygens (including phenoxy) is 1. The predicted molar refractivity (Wildman–Crippen MR) is 72.8 cm³/mol. The second-order valence-electron chi connectivity index (χ2n) is 3.47. The Hall–Kier alpha value is -1.81. The molecule has 1 aromatic heterocycles. The molecule has 1 aromatic carbocycles. The monoisotopic (exact) mass is 246 g/mol. The molecule has 0 aliphatic heterocycles. The van der Waals surface area contributed by atoms with Crippen LogP contribution in [0.2, 0.25) is 0 Å². The third kappa shape index (κ3) is 2.85. The molecule has 0 saturated heterocycles. The Morgan fingerprint density at radius 3 is 2.82 bits per heavy atom. The zero-order chi connectivity index (χ0) is 12.1. The first-order valence-electron chi connectivity index (χ1n) is 5.29. The van der Waals surface area contributed by atoms with E-state index in [2.05, 4.69) is 16.3 Å². The van der Waals surface area contributed by atoms with Gasteiger partial charge in [-0.2, -0.15) is 4.37 Å². The van der Waals surface area contributed by atoms with Gasteiger partial charge in [-0.05, 0) is 35.8 Å². The Bertz CT molecular complexity index is 490. The minimum absolute atomic E-state index is 0.754. The lowest BCUT2D eigenvalue weighted by molar-refractivity contribution is 0.415. The molecule has 0 saturated carbocycles. The van der Waals surface area contributed by atoms with Gasteiger partial charge in [-0.1, -0.05) is 6.08 Å². The first-order valence-corrected chi connectivity index (χ1v) is 6.06. The standard InChI is InChI=1S/C13H14N2OS/c1-3-8-14-13-9-12(15-17-13)10-4-6-11(16-2)7-5-10/h3-7,9,14H,1,8H2,2H3. The molecule has 2 rings (SSSR count). The molecule has 88 valence electrons. The van der Waals surface area contributed by atoms with Gasteiger partial charge in [-0.15, -0.1) is 6.58 Å². The molecule has 0 aliphatic rings. The van der Waals surface area contributed by atoms with Crippen molar-refractivity contribution < 1.29 is 4.74 Å². The van der Waals surface area contributed by atoms with Crippen LogP contribution in [0.1, 0.15) is 0 Å². The van der Waals surface area contributed by atoms with E-state index >= 15 is 0 Å². The maximum atomic E-state index is 5.12. The van der Waals surface area contributed by atoms with Crippen LogP contribution in [-0.4, -0.2) is 18.0 Å². The van der Waals surface area contributed by atoms with E-state index < -0.39 is 0 Å². The Morgan fingerprint density at radius 2 is 2.18 bits per heavy atom. The first kappa shape index (κ1) is 11.7. The number of benzene rings is 1. The Labute approximate surface area is 105 Å². The zero-order valence-corrected chi connectivity index (χ0v) is 10.5. The second kappa shape index (κ2) is 5.50. The van der Waals surface area contributed by atoms with Crippen LogP contribution < -0.4 is 10.1 Å². The van der Waals surface area contributed by atoms with Gasteiger partial charge in [0.25, 0.3) is 0 Å². The largest absolute Gasteiger partial charge is 0.497 e. The maximum absolute atomic E-state index is 5.12. The van der Waals surface area contributed by atoms with Gasteiger partial charge in [0, 0.05) is 18.2 Å². The van der Waals surface area contributed by atoms with Crippen LogP contribution >= 0.6 is 11.5 Å². The van der Waals surface area contributed by atoms with Crippen LogP contribution in [0.15, 0.2) is 43.0 Å². The Kier molecular flexibility index (Phi) is 3.77. The molecule has 3 nitrogen and oxygen atoms in total. The number of aromatic nitrogens is 1. The number of hydrogen-bond donors (Lipinski definition) is 1. The highest BCUT2D eigenvalue weighted by atomic mass is 32.1. The summed E-state index contributed by atoms with van der Waals surface area (Å²) in [5.41, 5.74) is 2.07. The summed E-state index contributed by atoms with van der Waals surface area (Å²) < 4.78 is 9.52. The molecule has 2 aromatic rings. The highest BCUT2D eigenvalue weighted by molar-refractivity contribution is 7.10. The van der Waals surface area contributed by atoms with Gasteiger partial charge in [0.2, 0.25) is 0 Å². The zero-order valence-electron chi connectivity index (χ0n) is 9.64. The molecule has 1 N–H and O–H groups in total. The summed E-state index contributed by atoms with van der Waals surface area (Å²) >= 11 is 1.45. The summed E-state index contributed by atoms with van der Waals surface area (Å²) in [7, 11) is 1.66. The molecule has 0 amide bonds. The number of methoxy groups -OCH3 is 1. The van der Waals surface area contributed by atoms with Gasteiger partial charge in [-0.25, -0.2) is 0 Å². The van der Waals surface area contributed by atoms with Crippen molar-refractivity contribution in [3.8, 4) is 17.0 Å². The molecular weight excluding hydrogens is 232 g/mol. The molecule has 17 heavy (non-hydrogen) atoms. The normalized spacial score (nSPS) is 9.94. The van der Waals surface area contributed by atoms with E-state index in [1.165, 1.54) is 11.5 Å². The summed E-state index contributed by atoms with van der Waals surface area (Å²) in [5, 5.41) is 4.27. The SMILES string of the molecule is C=CCNc1cc(-c2ccc(OC)cc2)ns1. The molecule has 0 atom stereocenters. The van der Waals surface area contributed by atoms with Gasteiger partial charge in [0.15, 0.2) is 0 Å². The second-order valence-corrected chi connectivity index (χ2v) is 4.28. The Balaban J connectivity index is 2.15. The third-order valence-corrected chi connectivity index (χ3v) is 3.06. The number of rotatable bonds is 5. The average Bonchev–Trinajstić information content (AvgIpc) is 2.85. The molecule has 1 heterocycles. The highest BCUT2D eigenvalue weighted by Crippen LogP contribution is 2.26. The van der Waals surface area contributed by atoms with Crippen LogP contribution in [0.5, 0.6) is 5.75 Å². The van der Waals surface area contributed by atoms with Gasteiger partial charge in [0.1, 0.15) is 10.8 Å². The van der Waals surface area contributed by atoms with Crippen molar-refractivity contribution >= 4 is 16.5 Å². The van der Waals surface area contributed by atoms with E-state index in [-0.39, 0.29) is 0 Å². The van der Waals surface area contributed by atoms with Crippen molar-refractivity contribution in [1.29, 1.82) is 0 Å². The van der Waals surface area contributed by atoms with E-state index in [0.29, 0.717) is 0 Å². The van der Waals surface area contributed by atoms with Crippen molar-refractivity contribution in [3.63, 3.8) is 0 Å². The predicted octanol–water partition coefficient (Wildman–Crippen LogP) is 3.42.